The summed E-state index contributed by atoms with van der Waals surface area (Å²) >= 11 is 1.60. The van der Waals surface area contributed by atoms with Gasteiger partial charge in [-0.1, -0.05) is 5.16 Å². The normalized spacial score (nSPS) is 15.7. The molecule has 7 heteroatoms. The molecule has 0 aliphatic carbocycles. The van der Waals surface area contributed by atoms with Gasteiger partial charge in [-0.15, -0.1) is 11.3 Å². The SMILES string of the molecule is Cc1noc(C)c1CCC(=O)Nc1ncc(C2CCNCC2)s1. The largest absolute Gasteiger partial charge is 0.361 e. The van der Waals surface area contributed by atoms with E-state index < -0.39 is 0 Å². The first-order valence-corrected chi connectivity index (χ1v) is 8.83. The molecule has 124 valence electrons. The Hall–Kier alpha value is -1.73. The number of anilines is 1. The van der Waals surface area contributed by atoms with Gasteiger partial charge in [0.2, 0.25) is 5.91 Å². The Balaban J connectivity index is 1.53. The van der Waals surface area contributed by atoms with E-state index in [1.165, 1.54) is 4.88 Å². The zero-order valence-corrected chi connectivity index (χ0v) is 14.3. The second-order valence-electron chi connectivity index (χ2n) is 5.94. The first-order valence-electron chi connectivity index (χ1n) is 8.01. The summed E-state index contributed by atoms with van der Waals surface area (Å²) in [4.78, 5) is 17.7. The Morgan fingerprint density at radius 2 is 2.22 bits per heavy atom. The zero-order chi connectivity index (χ0) is 16.2. The molecule has 2 aromatic rings. The molecule has 0 bridgehead atoms. The van der Waals surface area contributed by atoms with Crippen molar-refractivity contribution >= 4 is 22.4 Å². The van der Waals surface area contributed by atoms with E-state index in [0.29, 0.717) is 23.9 Å². The standard InChI is InChI=1S/C16H22N4O2S/c1-10-13(11(2)22-20-10)3-4-15(21)19-16-18-9-14(23-16)12-5-7-17-8-6-12/h9,12,17H,3-8H2,1-2H3,(H,18,19,21). The smallest absolute Gasteiger partial charge is 0.226 e. The number of hydrogen-bond donors (Lipinski definition) is 2. The number of thiazole rings is 1. The van der Waals surface area contributed by atoms with Crippen molar-refractivity contribution in [2.45, 2.75) is 45.4 Å². The first-order chi connectivity index (χ1) is 11.1. The maximum absolute atomic E-state index is 12.1. The molecule has 0 aromatic carbocycles. The van der Waals surface area contributed by atoms with Crippen molar-refractivity contribution in [3.05, 3.63) is 28.1 Å². The molecular formula is C16H22N4O2S. The van der Waals surface area contributed by atoms with E-state index in [0.717, 1.165) is 42.9 Å². The summed E-state index contributed by atoms with van der Waals surface area (Å²) < 4.78 is 5.12. The number of rotatable bonds is 5. The minimum absolute atomic E-state index is 0.0174. The van der Waals surface area contributed by atoms with Crippen LogP contribution in [-0.2, 0) is 11.2 Å². The van der Waals surface area contributed by atoms with Crippen molar-refractivity contribution in [1.29, 1.82) is 0 Å². The summed E-state index contributed by atoms with van der Waals surface area (Å²) in [5, 5.41) is 10.9. The Bertz CT molecular complexity index is 654. The lowest BCUT2D eigenvalue weighted by atomic mass is 9.97. The maximum Gasteiger partial charge on any atom is 0.226 e. The summed E-state index contributed by atoms with van der Waals surface area (Å²) in [6.45, 7) is 5.89. The molecule has 1 aliphatic heterocycles. The fraction of sp³-hybridized carbons (Fsp3) is 0.562. The third-order valence-electron chi connectivity index (χ3n) is 4.29. The van der Waals surface area contributed by atoms with Gasteiger partial charge < -0.3 is 15.2 Å². The molecule has 6 nitrogen and oxygen atoms in total. The zero-order valence-electron chi connectivity index (χ0n) is 13.5. The van der Waals surface area contributed by atoms with Gasteiger partial charge in [0.15, 0.2) is 5.13 Å². The predicted octanol–water partition coefficient (Wildman–Crippen LogP) is 2.79. The molecule has 3 rings (SSSR count). The lowest BCUT2D eigenvalue weighted by Gasteiger charge is -2.20. The van der Waals surface area contributed by atoms with Crippen LogP contribution in [0.5, 0.6) is 0 Å². The highest BCUT2D eigenvalue weighted by Crippen LogP contribution is 2.31. The van der Waals surface area contributed by atoms with Gasteiger partial charge in [0.1, 0.15) is 5.76 Å². The van der Waals surface area contributed by atoms with Gasteiger partial charge in [0.05, 0.1) is 5.69 Å². The van der Waals surface area contributed by atoms with Crippen LogP contribution < -0.4 is 10.6 Å². The molecule has 1 aliphatic rings. The van der Waals surface area contributed by atoms with E-state index in [-0.39, 0.29) is 5.91 Å². The van der Waals surface area contributed by atoms with E-state index in [1.54, 1.807) is 11.3 Å². The molecule has 3 heterocycles. The summed E-state index contributed by atoms with van der Waals surface area (Å²) in [5.74, 6) is 1.34. The van der Waals surface area contributed by atoms with Crippen LogP contribution in [0.15, 0.2) is 10.7 Å². The number of aryl methyl sites for hydroxylation is 2. The number of amides is 1. The topological polar surface area (TPSA) is 80.1 Å². The van der Waals surface area contributed by atoms with Crippen LogP contribution in [0.2, 0.25) is 0 Å². The van der Waals surface area contributed by atoms with Gasteiger partial charge in [-0.05, 0) is 52.1 Å². The lowest BCUT2D eigenvalue weighted by molar-refractivity contribution is -0.116. The van der Waals surface area contributed by atoms with Gasteiger partial charge >= 0.3 is 0 Å². The second-order valence-corrected chi connectivity index (χ2v) is 7.01. The summed E-state index contributed by atoms with van der Waals surface area (Å²) in [5.41, 5.74) is 1.88. The number of hydrogen-bond acceptors (Lipinski definition) is 6. The van der Waals surface area contributed by atoms with Gasteiger partial charge in [-0.3, -0.25) is 4.79 Å². The van der Waals surface area contributed by atoms with Crippen LogP contribution in [-0.4, -0.2) is 29.1 Å². The van der Waals surface area contributed by atoms with Gasteiger partial charge in [0, 0.05) is 23.1 Å². The summed E-state index contributed by atoms with van der Waals surface area (Å²) in [7, 11) is 0. The lowest BCUT2D eigenvalue weighted by Crippen LogP contribution is -2.26. The molecule has 0 atom stereocenters. The highest BCUT2D eigenvalue weighted by Gasteiger charge is 2.18. The Morgan fingerprint density at radius 1 is 1.43 bits per heavy atom. The number of piperidine rings is 1. The highest BCUT2D eigenvalue weighted by molar-refractivity contribution is 7.15. The molecule has 0 spiro atoms. The number of nitrogens with one attached hydrogen (secondary N) is 2. The van der Waals surface area contributed by atoms with E-state index >= 15 is 0 Å². The molecule has 1 saturated heterocycles. The van der Waals surface area contributed by atoms with Gasteiger partial charge in [-0.2, -0.15) is 0 Å². The minimum Gasteiger partial charge on any atom is -0.361 e. The van der Waals surface area contributed by atoms with E-state index in [2.05, 4.69) is 20.8 Å². The number of aromatic nitrogens is 2. The fourth-order valence-electron chi connectivity index (χ4n) is 2.92. The van der Waals surface area contributed by atoms with Crippen molar-refractivity contribution in [2.24, 2.45) is 0 Å². The Morgan fingerprint density at radius 3 is 2.91 bits per heavy atom. The average molecular weight is 334 g/mol. The van der Waals surface area contributed by atoms with Crippen LogP contribution in [0.25, 0.3) is 0 Å². The van der Waals surface area contributed by atoms with Crippen molar-refractivity contribution in [3.8, 4) is 0 Å². The summed E-state index contributed by atoms with van der Waals surface area (Å²) in [6, 6.07) is 0. The van der Waals surface area contributed by atoms with E-state index in [1.807, 2.05) is 20.0 Å². The molecule has 1 fully saturated rings. The second kappa shape index (κ2) is 7.23. The number of carbonyl (C=O) groups excluding carboxylic acids is 1. The molecule has 23 heavy (non-hydrogen) atoms. The van der Waals surface area contributed by atoms with Crippen molar-refractivity contribution < 1.29 is 9.32 Å². The highest BCUT2D eigenvalue weighted by atomic mass is 32.1. The molecule has 2 aromatic heterocycles. The maximum atomic E-state index is 12.1. The van der Waals surface area contributed by atoms with Crippen molar-refractivity contribution in [1.82, 2.24) is 15.5 Å². The number of nitrogens with zero attached hydrogens (tertiary/aromatic N) is 2. The van der Waals surface area contributed by atoms with Crippen LogP contribution in [0, 0.1) is 13.8 Å². The number of carbonyl (C=O) groups is 1. The minimum atomic E-state index is -0.0174. The van der Waals surface area contributed by atoms with Crippen molar-refractivity contribution in [2.75, 3.05) is 18.4 Å². The van der Waals surface area contributed by atoms with Crippen LogP contribution in [0.4, 0.5) is 5.13 Å². The fourth-order valence-corrected chi connectivity index (χ4v) is 3.92. The average Bonchev–Trinajstić information content (AvgIpc) is 3.14. The first kappa shape index (κ1) is 16.1. The molecule has 2 N–H and O–H groups in total. The van der Waals surface area contributed by atoms with E-state index in [4.69, 9.17) is 4.52 Å². The molecular weight excluding hydrogens is 312 g/mol. The molecule has 1 amide bonds. The van der Waals surface area contributed by atoms with Crippen LogP contribution in [0.1, 0.15) is 47.1 Å². The van der Waals surface area contributed by atoms with Crippen LogP contribution >= 0.6 is 11.3 Å². The molecule has 0 saturated carbocycles. The quantitative estimate of drug-likeness (QED) is 0.879. The third-order valence-corrected chi connectivity index (χ3v) is 5.37. The molecule has 0 unspecified atom stereocenters. The van der Waals surface area contributed by atoms with Gasteiger partial charge in [0.25, 0.3) is 0 Å². The van der Waals surface area contributed by atoms with Crippen LogP contribution in [0.3, 0.4) is 0 Å². The Labute approximate surface area is 139 Å². The third kappa shape index (κ3) is 3.97. The van der Waals surface area contributed by atoms with E-state index in [9.17, 15) is 4.79 Å². The Kier molecular flexibility index (Phi) is 5.07. The summed E-state index contributed by atoms with van der Waals surface area (Å²) in [6.07, 6.45) is 5.23. The monoisotopic (exact) mass is 334 g/mol. The van der Waals surface area contributed by atoms with Crippen molar-refractivity contribution in [3.63, 3.8) is 0 Å². The van der Waals surface area contributed by atoms with Gasteiger partial charge in [-0.25, -0.2) is 4.98 Å². The molecule has 0 radical (unpaired) electrons. The predicted molar refractivity (Wildman–Crippen MR) is 89.9 cm³/mol.